The molecule has 0 saturated carbocycles. The van der Waals surface area contributed by atoms with Gasteiger partial charge in [-0.05, 0) is 30.5 Å². The van der Waals surface area contributed by atoms with Crippen molar-refractivity contribution >= 4 is 11.6 Å². The predicted octanol–water partition coefficient (Wildman–Crippen LogP) is 2.92. The Hall–Kier alpha value is -1.32. The summed E-state index contributed by atoms with van der Waals surface area (Å²) < 4.78 is 2.19. The average Bonchev–Trinajstić information content (AvgIpc) is 2.76. The maximum absolute atomic E-state index is 6.07. The van der Waals surface area contributed by atoms with Gasteiger partial charge in [-0.1, -0.05) is 23.7 Å². The Morgan fingerprint density at radius 1 is 1.33 bits per heavy atom. The number of aromatic nitrogens is 2. The SMILES string of the molecule is NC1CCCn2cc(Cc3ccc(Cl)cc3)nc21. The highest BCUT2D eigenvalue weighted by molar-refractivity contribution is 6.30. The highest BCUT2D eigenvalue weighted by Gasteiger charge is 2.19. The first kappa shape index (κ1) is 11.8. The summed E-state index contributed by atoms with van der Waals surface area (Å²) in [5, 5.41) is 0.768. The molecule has 0 fully saturated rings. The van der Waals surface area contributed by atoms with Crippen molar-refractivity contribution in [2.24, 2.45) is 5.73 Å². The largest absolute Gasteiger partial charge is 0.333 e. The van der Waals surface area contributed by atoms with Gasteiger partial charge in [0.25, 0.3) is 0 Å². The minimum atomic E-state index is 0.0951. The number of nitrogens with zero attached hydrogens (tertiary/aromatic N) is 2. The Labute approximate surface area is 112 Å². The summed E-state index contributed by atoms with van der Waals surface area (Å²) in [7, 11) is 0. The van der Waals surface area contributed by atoms with E-state index in [1.165, 1.54) is 5.56 Å². The maximum atomic E-state index is 6.07. The zero-order valence-electron chi connectivity index (χ0n) is 10.1. The summed E-state index contributed by atoms with van der Waals surface area (Å²) in [6, 6.07) is 8.01. The van der Waals surface area contributed by atoms with Crippen molar-refractivity contribution in [1.82, 2.24) is 9.55 Å². The number of hydrogen-bond donors (Lipinski definition) is 1. The summed E-state index contributed by atoms with van der Waals surface area (Å²) >= 11 is 5.88. The fourth-order valence-corrected chi connectivity index (χ4v) is 2.59. The van der Waals surface area contributed by atoms with E-state index in [1.54, 1.807) is 0 Å². The molecule has 3 rings (SSSR count). The molecule has 1 unspecified atom stereocenters. The van der Waals surface area contributed by atoms with E-state index in [9.17, 15) is 0 Å². The van der Waals surface area contributed by atoms with Crippen molar-refractivity contribution in [3.63, 3.8) is 0 Å². The Kier molecular flexibility index (Phi) is 3.10. The molecule has 1 atom stereocenters. The second-order valence-corrected chi connectivity index (χ2v) is 5.27. The Bertz CT molecular complexity index is 545. The minimum absolute atomic E-state index is 0.0951. The van der Waals surface area contributed by atoms with Crippen LogP contribution < -0.4 is 5.73 Å². The van der Waals surface area contributed by atoms with Crippen LogP contribution in [0.15, 0.2) is 30.5 Å². The third-order valence-electron chi connectivity index (χ3n) is 3.40. The van der Waals surface area contributed by atoms with E-state index in [0.29, 0.717) is 0 Å². The van der Waals surface area contributed by atoms with Crippen LogP contribution in [0.5, 0.6) is 0 Å². The Balaban J connectivity index is 1.83. The quantitative estimate of drug-likeness (QED) is 0.903. The van der Waals surface area contributed by atoms with Crippen molar-refractivity contribution in [3.05, 3.63) is 52.6 Å². The van der Waals surface area contributed by atoms with Crippen LogP contribution in [-0.4, -0.2) is 9.55 Å². The summed E-state index contributed by atoms with van der Waals surface area (Å²) in [6.07, 6.45) is 5.15. The molecule has 18 heavy (non-hydrogen) atoms. The second kappa shape index (κ2) is 4.75. The zero-order chi connectivity index (χ0) is 12.5. The first-order chi connectivity index (χ1) is 8.72. The highest BCUT2D eigenvalue weighted by Crippen LogP contribution is 2.23. The fourth-order valence-electron chi connectivity index (χ4n) is 2.47. The third-order valence-corrected chi connectivity index (χ3v) is 3.65. The topological polar surface area (TPSA) is 43.8 Å². The van der Waals surface area contributed by atoms with Crippen LogP contribution in [0.2, 0.25) is 5.02 Å². The molecule has 1 aromatic heterocycles. The number of halogens is 1. The molecule has 3 nitrogen and oxygen atoms in total. The van der Waals surface area contributed by atoms with Gasteiger partial charge in [0.15, 0.2) is 0 Å². The molecule has 2 heterocycles. The van der Waals surface area contributed by atoms with E-state index < -0.39 is 0 Å². The summed E-state index contributed by atoms with van der Waals surface area (Å²) in [6.45, 7) is 1.04. The third kappa shape index (κ3) is 2.28. The van der Waals surface area contributed by atoms with Crippen LogP contribution in [0.4, 0.5) is 0 Å². The van der Waals surface area contributed by atoms with Crippen molar-refractivity contribution in [2.45, 2.75) is 31.8 Å². The molecule has 4 heteroatoms. The number of hydrogen-bond acceptors (Lipinski definition) is 2. The van der Waals surface area contributed by atoms with E-state index in [2.05, 4.69) is 15.7 Å². The number of nitrogens with two attached hydrogens (primary N) is 1. The van der Waals surface area contributed by atoms with Gasteiger partial charge in [0.2, 0.25) is 0 Å². The average molecular weight is 262 g/mol. The molecule has 0 saturated heterocycles. The van der Waals surface area contributed by atoms with E-state index in [1.807, 2.05) is 24.3 Å². The van der Waals surface area contributed by atoms with Crippen molar-refractivity contribution in [2.75, 3.05) is 0 Å². The van der Waals surface area contributed by atoms with Crippen LogP contribution >= 0.6 is 11.6 Å². The Morgan fingerprint density at radius 2 is 2.11 bits per heavy atom. The molecular formula is C14H16ClN3. The molecule has 0 amide bonds. The highest BCUT2D eigenvalue weighted by atomic mass is 35.5. The predicted molar refractivity (Wildman–Crippen MR) is 72.6 cm³/mol. The minimum Gasteiger partial charge on any atom is -0.333 e. The lowest BCUT2D eigenvalue weighted by molar-refractivity contribution is 0.451. The molecule has 1 aliphatic heterocycles. The lowest BCUT2D eigenvalue weighted by Gasteiger charge is -2.19. The van der Waals surface area contributed by atoms with E-state index >= 15 is 0 Å². The normalized spacial score (nSPS) is 18.7. The van der Waals surface area contributed by atoms with Crippen LogP contribution in [0, 0.1) is 0 Å². The van der Waals surface area contributed by atoms with Gasteiger partial charge >= 0.3 is 0 Å². The lowest BCUT2D eigenvalue weighted by atomic mass is 10.1. The van der Waals surface area contributed by atoms with Gasteiger partial charge in [0.05, 0.1) is 11.7 Å². The number of imidazole rings is 1. The number of benzene rings is 1. The summed E-state index contributed by atoms with van der Waals surface area (Å²) in [4.78, 5) is 4.65. The standard InChI is InChI=1S/C14H16ClN3/c15-11-5-3-10(4-6-11)8-12-9-18-7-1-2-13(16)14(18)17-12/h3-6,9,13H,1-2,7-8,16H2. The van der Waals surface area contributed by atoms with Gasteiger partial charge < -0.3 is 10.3 Å². The van der Waals surface area contributed by atoms with E-state index in [0.717, 1.165) is 42.3 Å². The van der Waals surface area contributed by atoms with Gasteiger partial charge in [-0.25, -0.2) is 4.98 Å². The molecule has 2 N–H and O–H groups in total. The fraction of sp³-hybridized carbons (Fsp3) is 0.357. The van der Waals surface area contributed by atoms with Gasteiger partial charge in [-0.2, -0.15) is 0 Å². The van der Waals surface area contributed by atoms with Crippen LogP contribution in [0.3, 0.4) is 0 Å². The first-order valence-corrected chi connectivity index (χ1v) is 6.66. The van der Waals surface area contributed by atoms with Gasteiger partial charge in [-0.3, -0.25) is 0 Å². The van der Waals surface area contributed by atoms with Gasteiger partial charge in [0, 0.05) is 24.2 Å². The molecule has 1 aromatic carbocycles. The van der Waals surface area contributed by atoms with Crippen LogP contribution in [0.1, 0.15) is 36.0 Å². The number of aryl methyl sites for hydroxylation is 1. The molecule has 0 spiro atoms. The molecule has 2 aromatic rings. The molecular weight excluding hydrogens is 246 g/mol. The monoisotopic (exact) mass is 261 g/mol. The lowest BCUT2D eigenvalue weighted by Crippen LogP contribution is -2.21. The van der Waals surface area contributed by atoms with Gasteiger partial charge in [-0.15, -0.1) is 0 Å². The molecule has 1 aliphatic rings. The first-order valence-electron chi connectivity index (χ1n) is 6.28. The second-order valence-electron chi connectivity index (χ2n) is 4.84. The maximum Gasteiger partial charge on any atom is 0.125 e. The van der Waals surface area contributed by atoms with Gasteiger partial charge in [0.1, 0.15) is 5.82 Å². The number of rotatable bonds is 2. The van der Waals surface area contributed by atoms with Crippen molar-refractivity contribution in [3.8, 4) is 0 Å². The zero-order valence-corrected chi connectivity index (χ0v) is 10.9. The molecule has 0 radical (unpaired) electrons. The molecule has 94 valence electrons. The number of fused-ring (bicyclic) bond motifs is 1. The van der Waals surface area contributed by atoms with Crippen LogP contribution in [-0.2, 0) is 13.0 Å². The van der Waals surface area contributed by atoms with Crippen molar-refractivity contribution in [1.29, 1.82) is 0 Å². The van der Waals surface area contributed by atoms with E-state index in [-0.39, 0.29) is 6.04 Å². The smallest absolute Gasteiger partial charge is 0.125 e. The molecule has 0 aliphatic carbocycles. The summed E-state index contributed by atoms with van der Waals surface area (Å²) in [5.41, 5.74) is 8.39. The van der Waals surface area contributed by atoms with Crippen LogP contribution in [0.25, 0.3) is 0 Å². The molecule has 0 bridgehead atoms. The van der Waals surface area contributed by atoms with E-state index in [4.69, 9.17) is 17.3 Å². The summed E-state index contributed by atoms with van der Waals surface area (Å²) in [5.74, 6) is 1.03. The Morgan fingerprint density at radius 3 is 2.83 bits per heavy atom. The van der Waals surface area contributed by atoms with Crippen molar-refractivity contribution < 1.29 is 0 Å².